The van der Waals surface area contributed by atoms with Crippen LogP contribution in [0.4, 0.5) is 0 Å². The molecule has 1 unspecified atom stereocenters. The summed E-state index contributed by atoms with van der Waals surface area (Å²) in [6.07, 6.45) is 4.71. The van der Waals surface area contributed by atoms with Crippen molar-refractivity contribution in [2.24, 2.45) is 0 Å². The summed E-state index contributed by atoms with van der Waals surface area (Å²) in [6, 6.07) is 15.7. The third-order valence-electron chi connectivity index (χ3n) is 5.70. The number of benzene rings is 2. The van der Waals surface area contributed by atoms with Gasteiger partial charge in [0.15, 0.2) is 11.4 Å². The number of aromatic nitrogens is 3. The largest absolute Gasteiger partial charge is 0.497 e. The molecule has 4 aromatic rings. The zero-order valence-electron chi connectivity index (χ0n) is 16.8. The molecule has 0 bridgehead atoms. The lowest BCUT2D eigenvalue weighted by Crippen LogP contribution is -2.21. The summed E-state index contributed by atoms with van der Waals surface area (Å²) in [5, 5.41) is 4.44. The van der Waals surface area contributed by atoms with E-state index in [1.54, 1.807) is 24.9 Å². The molecule has 0 saturated carbocycles. The molecule has 5 rings (SSSR count). The van der Waals surface area contributed by atoms with Crippen molar-refractivity contribution >= 4 is 11.4 Å². The predicted molar refractivity (Wildman–Crippen MR) is 113 cm³/mol. The summed E-state index contributed by atoms with van der Waals surface area (Å²) in [5.41, 5.74) is 5.11. The molecule has 0 N–H and O–H groups in total. The Morgan fingerprint density at radius 2 is 1.87 bits per heavy atom. The van der Waals surface area contributed by atoms with Crippen LogP contribution in [0, 0.1) is 0 Å². The van der Waals surface area contributed by atoms with Gasteiger partial charge >= 0.3 is 0 Å². The first-order valence-corrected chi connectivity index (χ1v) is 9.85. The molecule has 1 atom stereocenters. The van der Waals surface area contributed by atoms with E-state index >= 15 is 0 Å². The SMILES string of the molecule is COc1cccc(-c2cnn3cc4c(nc23)CC(c2ccccc2OC)CC4=O)c1. The lowest BCUT2D eigenvalue weighted by Gasteiger charge is -2.24. The van der Waals surface area contributed by atoms with Gasteiger partial charge in [-0.1, -0.05) is 30.3 Å². The highest BCUT2D eigenvalue weighted by atomic mass is 16.5. The van der Waals surface area contributed by atoms with E-state index in [4.69, 9.17) is 14.5 Å². The minimum absolute atomic E-state index is 0.0410. The number of carbonyl (C=O) groups excluding carboxylic acids is 1. The van der Waals surface area contributed by atoms with Crippen molar-refractivity contribution in [3.63, 3.8) is 0 Å². The molecule has 0 aliphatic heterocycles. The average Bonchev–Trinajstić information content (AvgIpc) is 3.20. The predicted octanol–water partition coefficient (Wildman–Crippen LogP) is 4.33. The van der Waals surface area contributed by atoms with Crippen LogP contribution < -0.4 is 9.47 Å². The molecule has 30 heavy (non-hydrogen) atoms. The normalized spacial score (nSPS) is 15.8. The smallest absolute Gasteiger partial charge is 0.166 e. The molecule has 6 nitrogen and oxygen atoms in total. The number of para-hydroxylation sites is 1. The van der Waals surface area contributed by atoms with Crippen LogP contribution in [0.2, 0.25) is 0 Å². The molecule has 6 heteroatoms. The molecule has 2 aromatic heterocycles. The lowest BCUT2D eigenvalue weighted by atomic mass is 9.82. The highest BCUT2D eigenvalue weighted by molar-refractivity contribution is 5.99. The molecule has 0 saturated heterocycles. The Morgan fingerprint density at radius 3 is 2.70 bits per heavy atom. The van der Waals surface area contributed by atoms with Gasteiger partial charge in [-0.15, -0.1) is 0 Å². The molecule has 0 amide bonds. The second kappa shape index (κ2) is 7.30. The minimum atomic E-state index is 0.0410. The number of Topliss-reactive ketones (excluding diaryl/α,β-unsaturated/α-hetero) is 1. The average molecular weight is 399 g/mol. The van der Waals surface area contributed by atoms with Crippen LogP contribution in [0.1, 0.15) is 34.0 Å². The van der Waals surface area contributed by atoms with E-state index in [0.717, 1.165) is 39.5 Å². The van der Waals surface area contributed by atoms with Gasteiger partial charge in [0.25, 0.3) is 0 Å². The molecule has 2 heterocycles. The van der Waals surface area contributed by atoms with E-state index in [9.17, 15) is 4.79 Å². The van der Waals surface area contributed by atoms with Gasteiger partial charge in [0.2, 0.25) is 0 Å². The molecule has 2 aromatic carbocycles. The van der Waals surface area contributed by atoms with Gasteiger partial charge in [-0.2, -0.15) is 5.10 Å². The van der Waals surface area contributed by atoms with Crippen LogP contribution >= 0.6 is 0 Å². The van der Waals surface area contributed by atoms with Crippen LogP contribution in [-0.4, -0.2) is 34.6 Å². The van der Waals surface area contributed by atoms with Crippen molar-refractivity contribution in [1.29, 1.82) is 0 Å². The Kier molecular flexibility index (Phi) is 4.47. The summed E-state index contributed by atoms with van der Waals surface area (Å²) in [6.45, 7) is 0. The zero-order chi connectivity index (χ0) is 20.7. The van der Waals surface area contributed by atoms with Crippen LogP contribution in [0.5, 0.6) is 11.5 Å². The van der Waals surface area contributed by atoms with Crippen molar-refractivity contribution in [1.82, 2.24) is 14.6 Å². The summed E-state index contributed by atoms with van der Waals surface area (Å²) in [4.78, 5) is 17.8. The summed E-state index contributed by atoms with van der Waals surface area (Å²) in [5.74, 6) is 1.71. The number of hydrogen-bond acceptors (Lipinski definition) is 5. The number of methoxy groups -OCH3 is 2. The van der Waals surface area contributed by atoms with Gasteiger partial charge in [-0.25, -0.2) is 9.50 Å². The fraction of sp³-hybridized carbons (Fsp3) is 0.208. The Hall–Kier alpha value is -3.67. The number of rotatable bonds is 4. The summed E-state index contributed by atoms with van der Waals surface area (Å²) in [7, 11) is 3.30. The topological polar surface area (TPSA) is 65.7 Å². The minimum Gasteiger partial charge on any atom is -0.497 e. The highest BCUT2D eigenvalue weighted by Crippen LogP contribution is 2.37. The van der Waals surface area contributed by atoms with Crippen molar-refractivity contribution in [2.45, 2.75) is 18.8 Å². The van der Waals surface area contributed by atoms with Crippen LogP contribution in [0.15, 0.2) is 60.9 Å². The van der Waals surface area contributed by atoms with E-state index in [0.29, 0.717) is 18.4 Å². The molecule has 0 fully saturated rings. The fourth-order valence-corrected chi connectivity index (χ4v) is 4.19. The van der Waals surface area contributed by atoms with E-state index in [-0.39, 0.29) is 11.7 Å². The van der Waals surface area contributed by atoms with Gasteiger partial charge in [-0.3, -0.25) is 4.79 Å². The molecule has 150 valence electrons. The lowest BCUT2D eigenvalue weighted by molar-refractivity contribution is 0.0962. The molecule has 0 radical (unpaired) electrons. The van der Waals surface area contributed by atoms with E-state index in [1.165, 1.54) is 0 Å². The Labute approximate surface area is 174 Å². The third-order valence-corrected chi connectivity index (χ3v) is 5.70. The monoisotopic (exact) mass is 399 g/mol. The van der Waals surface area contributed by atoms with Gasteiger partial charge in [0.05, 0.1) is 31.7 Å². The van der Waals surface area contributed by atoms with Crippen molar-refractivity contribution in [3.8, 4) is 22.6 Å². The first-order chi connectivity index (χ1) is 14.7. The maximum atomic E-state index is 12.9. The Bertz CT molecular complexity index is 1260. The van der Waals surface area contributed by atoms with Crippen LogP contribution in [0.3, 0.4) is 0 Å². The summed E-state index contributed by atoms with van der Waals surface area (Å²) >= 11 is 0. The first-order valence-electron chi connectivity index (χ1n) is 9.85. The van der Waals surface area contributed by atoms with Crippen molar-refractivity contribution in [3.05, 3.63) is 77.7 Å². The second-order valence-electron chi connectivity index (χ2n) is 7.43. The maximum absolute atomic E-state index is 12.9. The van der Waals surface area contributed by atoms with Crippen LogP contribution in [0.25, 0.3) is 16.8 Å². The standard InChI is InChI=1S/C24H21N3O3/c1-29-17-7-5-6-15(10-17)19-13-25-27-14-20-21(26-24(19)27)11-16(12-22(20)28)18-8-3-4-9-23(18)30-2/h3-10,13-14,16H,11-12H2,1-2H3. The third kappa shape index (κ3) is 3.01. The highest BCUT2D eigenvalue weighted by Gasteiger charge is 2.30. The number of fused-ring (bicyclic) bond motifs is 2. The number of ketones is 1. The fourth-order valence-electron chi connectivity index (χ4n) is 4.19. The van der Waals surface area contributed by atoms with Gasteiger partial charge in [-0.05, 0) is 35.7 Å². The van der Waals surface area contributed by atoms with E-state index in [2.05, 4.69) is 5.10 Å². The summed E-state index contributed by atoms with van der Waals surface area (Å²) < 4.78 is 12.6. The first kappa shape index (κ1) is 18.4. The number of ether oxygens (including phenoxy) is 2. The van der Waals surface area contributed by atoms with Crippen molar-refractivity contribution in [2.75, 3.05) is 14.2 Å². The molecular formula is C24H21N3O3. The maximum Gasteiger partial charge on any atom is 0.166 e. The zero-order valence-corrected chi connectivity index (χ0v) is 16.8. The Balaban J connectivity index is 1.59. The van der Waals surface area contributed by atoms with E-state index in [1.807, 2.05) is 54.7 Å². The van der Waals surface area contributed by atoms with Gasteiger partial charge < -0.3 is 9.47 Å². The second-order valence-corrected chi connectivity index (χ2v) is 7.43. The van der Waals surface area contributed by atoms with Crippen LogP contribution in [-0.2, 0) is 6.42 Å². The Morgan fingerprint density at radius 1 is 1.00 bits per heavy atom. The number of hydrogen-bond donors (Lipinski definition) is 0. The number of nitrogens with zero attached hydrogens (tertiary/aromatic N) is 3. The number of carbonyl (C=O) groups is 1. The molecule has 1 aliphatic carbocycles. The van der Waals surface area contributed by atoms with Crippen molar-refractivity contribution < 1.29 is 14.3 Å². The van der Waals surface area contributed by atoms with Gasteiger partial charge in [0.1, 0.15) is 11.5 Å². The molecule has 1 aliphatic rings. The van der Waals surface area contributed by atoms with E-state index < -0.39 is 0 Å². The molecule has 0 spiro atoms. The quantitative estimate of drug-likeness (QED) is 0.511. The molecular weight excluding hydrogens is 378 g/mol. The van der Waals surface area contributed by atoms with Gasteiger partial charge in [0, 0.05) is 24.1 Å².